The first-order valence-electron chi connectivity index (χ1n) is 5.75. The van der Waals surface area contributed by atoms with Gasteiger partial charge in [0, 0.05) is 6.20 Å². The number of carboxylic acids is 1. The van der Waals surface area contributed by atoms with Gasteiger partial charge in [0.2, 0.25) is 11.7 Å². The highest BCUT2D eigenvalue weighted by atomic mass is 16.4. The van der Waals surface area contributed by atoms with Crippen LogP contribution in [0.5, 0.6) is 0 Å². The Bertz CT molecular complexity index is 638. The lowest BCUT2D eigenvalue weighted by Crippen LogP contribution is -1.99. The van der Waals surface area contributed by atoms with Crippen LogP contribution in [0.4, 0.5) is 0 Å². The summed E-state index contributed by atoms with van der Waals surface area (Å²) in [5.74, 6) is -1.14. The fourth-order valence-corrected chi connectivity index (χ4v) is 1.62. The number of nitriles is 1. The Hall–Kier alpha value is -2.68. The van der Waals surface area contributed by atoms with Crippen molar-refractivity contribution in [2.24, 2.45) is 0 Å². The number of rotatable bonds is 4. The van der Waals surface area contributed by atoms with Gasteiger partial charge in [-0.05, 0) is 18.6 Å². The molecule has 0 aromatic carbocycles. The highest BCUT2D eigenvalue weighted by Crippen LogP contribution is 2.21. The van der Waals surface area contributed by atoms with Gasteiger partial charge in [-0.15, -0.1) is 0 Å². The molecule has 0 radical (unpaired) electrons. The van der Waals surface area contributed by atoms with Gasteiger partial charge in [0.05, 0.1) is 11.3 Å². The van der Waals surface area contributed by atoms with Gasteiger partial charge in [-0.1, -0.05) is 13.3 Å². The number of aromatic nitrogens is 2. The molecule has 0 saturated heterocycles. The van der Waals surface area contributed by atoms with Crippen molar-refractivity contribution in [3.63, 3.8) is 0 Å². The van der Waals surface area contributed by atoms with Crippen molar-refractivity contribution in [3.05, 3.63) is 35.3 Å². The van der Waals surface area contributed by atoms with Crippen LogP contribution in [0.15, 0.2) is 22.7 Å². The van der Waals surface area contributed by atoms with Crippen LogP contribution in [-0.2, 0) is 6.42 Å². The van der Waals surface area contributed by atoms with Crippen LogP contribution < -0.4 is 0 Å². The molecule has 0 fully saturated rings. The average Bonchev–Trinajstić information content (AvgIpc) is 2.83. The zero-order valence-electron chi connectivity index (χ0n) is 10.3. The average molecular weight is 257 g/mol. The molecule has 2 aromatic rings. The molecule has 0 amide bonds. The molecule has 1 N–H and O–H groups in total. The first-order chi connectivity index (χ1) is 9.15. The van der Waals surface area contributed by atoms with E-state index in [0.717, 1.165) is 6.42 Å². The van der Waals surface area contributed by atoms with Gasteiger partial charge < -0.3 is 9.52 Å². The van der Waals surface area contributed by atoms with E-state index >= 15 is 0 Å². The monoisotopic (exact) mass is 257 g/mol. The van der Waals surface area contributed by atoms with Gasteiger partial charge in [0.25, 0.3) is 0 Å². The Morgan fingerprint density at radius 1 is 1.53 bits per heavy atom. The van der Waals surface area contributed by atoms with E-state index in [1.54, 1.807) is 12.1 Å². The van der Waals surface area contributed by atoms with Crippen LogP contribution in [0.3, 0.4) is 0 Å². The molecular formula is C13H11N3O3. The fourth-order valence-electron chi connectivity index (χ4n) is 1.62. The Morgan fingerprint density at radius 3 is 2.84 bits per heavy atom. The number of carbonyl (C=O) groups is 1. The molecule has 0 unspecified atom stereocenters. The largest absolute Gasteiger partial charge is 0.475 e. The highest BCUT2D eigenvalue weighted by molar-refractivity contribution is 5.86. The molecule has 0 aliphatic carbocycles. The van der Waals surface area contributed by atoms with Crippen LogP contribution in [0, 0.1) is 11.3 Å². The number of nitrogens with zero attached hydrogens (tertiary/aromatic N) is 3. The van der Waals surface area contributed by atoms with Crippen LogP contribution in [0.2, 0.25) is 0 Å². The summed E-state index contributed by atoms with van der Waals surface area (Å²) in [7, 11) is 0. The third kappa shape index (κ3) is 2.60. The second-order valence-corrected chi connectivity index (χ2v) is 3.89. The van der Waals surface area contributed by atoms with Crippen molar-refractivity contribution in [1.82, 2.24) is 9.97 Å². The highest BCUT2D eigenvalue weighted by Gasteiger charge is 2.20. The SMILES string of the molecule is CCCc1nc(-c2ccc(C#N)cn2)oc1C(=O)O. The van der Waals surface area contributed by atoms with Crippen molar-refractivity contribution < 1.29 is 14.3 Å². The Labute approximate surface area is 109 Å². The standard InChI is InChI=1S/C13H11N3O3/c1-2-3-9-11(13(17)18)19-12(16-9)10-5-4-8(6-14)7-15-10/h4-5,7H,2-3H2,1H3,(H,17,18). The molecule has 0 atom stereocenters. The molecule has 2 heterocycles. The molecule has 6 heteroatoms. The fraction of sp³-hybridized carbons (Fsp3) is 0.231. The normalized spacial score (nSPS) is 10.1. The second-order valence-electron chi connectivity index (χ2n) is 3.89. The van der Waals surface area contributed by atoms with Crippen molar-refractivity contribution in [1.29, 1.82) is 5.26 Å². The Kier molecular flexibility index (Phi) is 3.57. The number of aromatic carboxylic acids is 1. The maximum Gasteiger partial charge on any atom is 0.373 e. The molecule has 96 valence electrons. The van der Waals surface area contributed by atoms with Crippen molar-refractivity contribution in [2.45, 2.75) is 19.8 Å². The van der Waals surface area contributed by atoms with E-state index in [0.29, 0.717) is 23.4 Å². The molecular weight excluding hydrogens is 246 g/mol. The predicted molar refractivity (Wildman–Crippen MR) is 65.4 cm³/mol. The zero-order chi connectivity index (χ0) is 13.8. The van der Waals surface area contributed by atoms with E-state index < -0.39 is 5.97 Å². The molecule has 0 saturated carbocycles. The summed E-state index contributed by atoms with van der Waals surface area (Å²) >= 11 is 0. The van der Waals surface area contributed by atoms with Gasteiger partial charge >= 0.3 is 5.97 Å². The Balaban J connectivity index is 2.42. The van der Waals surface area contributed by atoms with E-state index in [-0.39, 0.29) is 11.7 Å². The first kappa shape index (κ1) is 12.8. The summed E-state index contributed by atoms with van der Waals surface area (Å²) in [6, 6.07) is 5.10. The molecule has 19 heavy (non-hydrogen) atoms. The number of oxazole rings is 1. The first-order valence-corrected chi connectivity index (χ1v) is 5.75. The van der Waals surface area contributed by atoms with E-state index in [2.05, 4.69) is 9.97 Å². The number of aryl methyl sites for hydroxylation is 1. The molecule has 2 rings (SSSR count). The second kappa shape index (κ2) is 5.31. The maximum absolute atomic E-state index is 11.0. The van der Waals surface area contributed by atoms with Gasteiger partial charge in [-0.3, -0.25) is 0 Å². The number of carboxylic acid groups (broad SMARTS) is 1. The number of hydrogen-bond donors (Lipinski definition) is 1. The third-order valence-electron chi connectivity index (χ3n) is 2.49. The smallest absolute Gasteiger partial charge is 0.373 e. The lowest BCUT2D eigenvalue weighted by atomic mass is 10.2. The molecule has 0 aliphatic heterocycles. The van der Waals surface area contributed by atoms with E-state index in [9.17, 15) is 4.79 Å². The summed E-state index contributed by atoms with van der Waals surface area (Å²) in [4.78, 5) is 19.2. The summed E-state index contributed by atoms with van der Waals surface area (Å²) in [6.07, 6.45) is 2.69. The zero-order valence-corrected chi connectivity index (χ0v) is 10.3. The quantitative estimate of drug-likeness (QED) is 0.901. The van der Waals surface area contributed by atoms with E-state index in [1.807, 2.05) is 13.0 Å². The summed E-state index contributed by atoms with van der Waals surface area (Å²) in [5.41, 5.74) is 1.24. The Morgan fingerprint density at radius 2 is 2.32 bits per heavy atom. The van der Waals surface area contributed by atoms with E-state index in [4.69, 9.17) is 14.8 Å². The molecule has 0 bridgehead atoms. The van der Waals surface area contributed by atoms with Crippen molar-refractivity contribution in [3.8, 4) is 17.7 Å². The van der Waals surface area contributed by atoms with Crippen LogP contribution in [0.1, 0.15) is 35.2 Å². The summed E-state index contributed by atoms with van der Waals surface area (Å²) in [6.45, 7) is 1.93. The van der Waals surface area contributed by atoms with Gasteiger partial charge in [-0.2, -0.15) is 5.26 Å². The number of hydrogen-bond acceptors (Lipinski definition) is 5. The summed E-state index contributed by atoms with van der Waals surface area (Å²) < 4.78 is 5.23. The van der Waals surface area contributed by atoms with Gasteiger partial charge in [0.1, 0.15) is 11.8 Å². The van der Waals surface area contributed by atoms with Crippen LogP contribution in [-0.4, -0.2) is 21.0 Å². The molecule has 0 spiro atoms. The minimum atomic E-state index is -1.14. The van der Waals surface area contributed by atoms with Crippen molar-refractivity contribution in [2.75, 3.05) is 0 Å². The van der Waals surface area contributed by atoms with Crippen LogP contribution >= 0.6 is 0 Å². The molecule has 2 aromatic heterocycles. The van der Waals surface area contributed by atoms with E-state index in [1.165, 1.54) is 6.20 Å². The van der Waals surface area contributed by atoms with Crippen LogP contribution in [0.25, 0.3) is 11.6 Å². The summed E-state index contributed by atoms with van der Waals surface area (Å²) in [5, 5.41) is 17.7. The molecule has 0 aliphatic rings. The minimum absolute atomic E-state index is 0.150. The third-order valence-corrected chi connectivity index (χ3v) is 2.49. The lowest BCUT2D eigenvalue weighted by Gasteiger charge is -1.93. The topological polar surface area (TPSA) is 100 Å². The minimum Gasteiger partial charge on any atom is -0.475 e. The maximum atomic E-state index is 11.0. The number of pyridine rings is 1. The predicted octanol–water partition coefficient (Wildman–Crippen LogP) is 2.26. The molecule has 6 nitrogen and oxygen atoms in total. The van der Waals surface area contributed by atoms with Gasteiger partial charge in [0.15, 0.2) is 0 Å². The van der Waals surface area contributed by atoms with Crippen molar-refractivity contribution >= 4 is 5.97 Å². The van der Waals surface area contributed by atoms with Gasteiger partial charge in [-0.25, -0.2) is 14.8 Å². The lowest BCUT2D eigenvalue weighted by molar-refractivity contribution is 0.0661.